The number of hydrogen-bond donors (Lipinski definition) is 3. The summed E-state index contributed by atoms with van der Waals surface area (Å²) in [5.41, 5.74) is 4.41. The summed E-state index contributed by atoms with van der Waals surface area (Å²) in [5, 5.41) is 7.31. The van der Waals surface area contributed by atoms with Crippen LogP contribution in [0.2, 0.25) is 0 Å². The molecule has 0 radical (unpaired) electrons. The molecule has 1 aromatic carbocycles. The van der Waals surface area contributed by atoms with Gasteiger partial charge in [-0.25, -0.2) is 9.82 Å². The molecule has 0 aliphatic carbocycles. The number of nitrogens with one attached hydrogen (secondary N) is 3. The number of rotatable bonds is 4. The number of carbonyl (C=O) groups is 2. The van der Waals surface area contributed by atoms with Gasteiger partial charge in [-0.15, -0.1) is 0 Å². The van der Waals surface area contributed by atoms with E-state index in [0.717, 1.165) is 16.5 Å². The van der Waals surface area contributed by atoms with Crippen molar-refractivity contribution in [2.45, 2.75) is 19.3 Å². The molecule has 22 heavy (non-hydrogen) atoms. The van der Waals surface area contributed by atoms with Gasteiger partial charge in [0.15, 0.2) is 0 Å². The third kappa shape index (κ3) is 2.98. The van der Waals surface area contributed by atoms with Crippen molar-refractivity contribution in [1.82, 2.24) is 15.7 Å². The molecule has 1 aromatic heterocycles. The normalized spacial score (nSPS) is 14.6. The first kappa shape index (κ1) is 14.2. The lowest BCUT2D eigenvalue weighted by atomic mass is 10.1. The van der Waals surface area contributed by atoms with Gasteiger partial charge in [-0.05, 0) is 30.2 Å². The van der Waals surface area contributed by atoms with Crippen molar-refractivity contribution >= 4 is 28.4 Å². The molecule has 3 N–H and O–H groups in total. The summed E-state index contributed by atoms with van der Waals surface area (Å²) < 4.78 is 13.3. The molecule has 2 heterocycles. The fourth-order valence-electron chi connectivity index (χ4n) is 2.41. The molecule has 0 bridgehead atoms. The molecule has 0 fully saturated rings. The van der Waals surface area contributed by atoms with E-state index >= 15 is 0 Å². The van der Waals surface area contributed by atoms with Crippen LogP contribution in [0.5, 0.6) is 0 Å². The average Bonchev–Trinajstić information content (AvgIpc) is 2.90. The van der Waals surface area contributed by atoms with Crippen LogP contribution >= 0.6 is 0 Å². The Morgan fingerprint density at radius 3 is 3.00 bits per heavy atom. The van der Waals surface area contributed by atoms with Gasteiger partial charge in [-0.2, -0.15) is 5.10 Å². The fraction of sp³-hybridized carbons (Fsp3) is 0.267. The Bertz CT molecular complexity index is 766. The van der Waals surface area contributed by atoms with Crippen LogP contribution in [0.15, 0.2) is 29.5 Å². The van der Waals surface area contributed by atoms with E-state index in [9.17, 15) is 14.0 Å². The van der Waals surface area contributed by atoms with Gasteiger partial charge in [0.25, 0.3) is 5.91 Å². The van der Waals surface area contributed by atoms with Gasteiger partial charge in [0.2, 0.25) is 5.91 Å². The van der Waals surface area contributed by atoms with Crippen LogP contribution < -0.4 is 10.7 Å². The number of amides is 2. The Hall–Kier alpha value is -2.70. The smallest absolute Gasteiger partial charge is 0.267 e. The first-order valence-electron chi connectivity index (χ1n) is 7.02. The molecule has 3 rings (SSSR count). The van der Waals surface area contributed by atoms with Gasteiger partial charge in [-0.3, -0.25) is 9.59 Å². The van der Waals surface area contributed by atoms with Gasteiger partial charge in [0.1, 0.15) is 11.5 Å². The summed E-state index contributed by atoms with van der Waals surface area (Å²) in [7, 11) is 0. The maximum atomic E-state index is 13.3. The molecule has 0 saturated carbocycles. The number of hydrogen-bond acceptors (Lipinski definition) is 3. The topological polar surface area (TPSA) is 86.3 Å². The van der Waals surface area contributed by atoms with Gasteiger partial charge in [-0.1, -0.05) is 0 Å². The minimum absolute atomic E-state index is 0.183. The Morgan fingerprint density at radius 2 is 2.23 bits per heavy atom. The lowest BCUT2D eigenvalue weighted by molar-refractivity contribution is -0.121. The molecule has 1 aliphatic rings. The van der Waals surface area contributed by atoms with Crippen molar-refractivity contribution in [2.75, 3.05) is 6.54 Å². The lowest BCUT2D eigenvalue weighted by Crippen LogP contribution is -2.37. The lowest BCUT2D eigenvalue weighted by Gasteiger charge is -2.11. The largest absolute Gasteiger partial charge is 0.361 e. The molecule has 0 unspecified atom stereocenters. The maximum absolute atomic E-state index is 13.3. The Morgan fingerprint density at radius 1 is 1.36 bits per heavy atom. The van der Waals surface area contributed by atoms with Crippen LogP contribution in [-0.2, 0) is 16.0 Å². The highest BCUT2D eigenvalue weighted by Crippen LogP contribution is 2.19. The van der Waals surface area contributed by atoms with E-state index in [1.807, 2.05) is 6.20 Å². The van der Waals surface area contributed by atoms with Crippen molar-refractivity contribution < 1.29 is 14.0 Å². The third-order valence-electron chi connectivity index (χ3n) is 3.58. The molecule has 114 valence electrons. The second-order valence-corrected chi connectivity index (χ2v) is 5.10. The van der Waals surface area contributed by atoms with Gasteiger partial charge >= 0.3 is 0 Å². The number of H-pyrrole nitrogens is 1. The highest BCUT2D eigenvalue weighted by atomic mass is 19.1. The first-order valence-corrected chi connectivity index (χ1v) is 7.02. The zero-order valence-corrected chi connectivity index (χ0v) is 11.8. The van der Waals surface area contributed by atoms with Crippen LogP contribution in [0.25, 0.3) is 10.9 Å². The minimum atomic E-state index is -0.287. The molecule has 0 atom stereocenters. The number of carbonyl (C=O) groups excluding carboxylic acids is 2. The van der Waals surface area contributed by atoms with Crippen LogP contribution in [0.4, 0.5) is 4.39 Å². The molecule has 1 aliphatic heterocycles. The molecule has 0 saturated heterocycles. The summed E-state index contributed by atoms with van der Waals surface area (Å²) >= 11 is 0. The zero-order valence-electron chi connectivity index (χ0n) is 11.8. The first-order chi connectivity index (χ1) is 10.6. The summed E-state index contributed by atoms with van der Waals surface area (Å²) in [5.74, 6) is -0.756. The van der Waals surface area contributed by atoms with E-state index in [2.05, 4.69) is 20.8 Å². The Balaban J connectivity index is 1.59. The van der Waals surface area contributed by atoms with Crippen molar-refractivity contribution in [2.24, 2.45) is 5.10 Å². The zero-order chi connectivity index (χ0) is 15.5. The summed E-state index contributed by atoms with van der Waals surface area (Å²) in [6, 6.07) is 4.57. The van der Waals surface area contributed by atoms with Crippen molar-refractivity contribution in [3.63, 3.8) is 0 Å². The van der Waals surface area contributed by atoms with Gasteiger partial charge < -0.3 is 10.3 Å². The fourth-order valence-corrected chi connectivity index (χ4v) is 2.41. The quantitative estimate of drug-likeness (QED) is 0.793. The molecule has 0 spiro atoms. The Labute approximate surface area is 125 Å². The van der Waals surface area contributed by atoms with Crippen LogP contribution in [-0.4, -0.2) is 29.1 Å². The van der Waals surface area contributed by atoms with Crippen molar-refractivity contribution in [1.29, 1.82) is 0 Å². The predicted molar refractivity (Wildman–Crippen MR) is 79.8 cm³/mol. The standard InChI is InChI=1S/C15H15FN4O2/c16-10-1-2-12-11(7-10)9(8-18-12)5-6-17-15(22)13-3-4-14(21)20-19-13/h1-2,7-8,18H,3-6H2,(H,17,22)(H,20,21). The minimum Gasteiger partial charge on any atom is -0.361 e. The monoisotopic (exact) mass is 302 g/mol. The molecular weight excluding hydrogens is 287 g/mol. The number of aromatic nitrogens is 1. The maximum Gasteiger partial charge on any atom is 0.267 e. The van der Waals surface area contributed by atoms with E-state index in [1.165, 1.54) is 12.1 Å². The number of nitrogens with zero attached hydrogens (tertiary/aromatic N) is 1. The second kappa shape index (κ2) is 5.97. The molecule has 2 amide bonds. The summed E-state index contributed by atoms with van der Waals surface area (Å²) in [6.45, 7) is 0.412. The van der Waals surface area contributed by atoms with E-state index < -0.39 is 0 Å². The van der Waals surface area contributed by atoms with Crippen LogP contribution in [0.3, 0.4) is 0 Å². The van der Waals surface area contributed by atoms with E-state index in [0.29, 0.717) is 25.1 Å². The van der Waals surface area contributed by atoms with Gasteiger partial charge in [0.05, 0.1) is 0 Å². The number of fused-ring (bicyclic) bond motifs is 1. The van der Waals surface area contributed by atoms with Gasteiger partial charge in [0, 0.05) is 36.5 Å². The highest BCUT2D eigenvalue weighted by molar-refractivity contribution is 6.39. The van der Waals surface area contributed by atoms with E-state index in [1.54, 1.807) is 6.07 Å². The number of aromatic amines is 1. The molecular formula is C15H15FN4O2. The number of hydrazone groups is 1. The average molecular weight is 302 g/mol. The SMILES string of the molecule is O=C1CCC(C(=O)NCCc2c[nH]c3ccc(F)cc23)=NN1. The van der Waals surface area contributed by atoms with E-state index in [-0.39, 0.29) is 24.1 Å². The second-order valence-electron chi connectivity index (χ2n) is 5.10. The highest BCUT2D eigenvalue weighted by Gasteiger charge is 2.17. The summed E-state index contributed by atoms with van der Waals surface area (Å²) in [4.78, 5) is 25.9. The third-order valence-corrected chi connectivity index (χ3v) is 3.58. The number of benzene rings is 1. The van der Waals surface area contributed by atoms with Crippen molar-refractivity contribution in [3.05, 3.63) is 35.8 Å². The molecule has 6 nitrogen and oxygen atoms in total. The summed E-state index contributed by atoms with van der Waals surface area (Å²) in [6.07, 6.45) is 3.01. The molecule has 7 heteroatoms. The van der Waals surface area contributed by atoms with Crippen LogP contribution in [0, 0.1) is 5.82 Å². The number of halogens is 1. The van der Waals surface area contributed by atoms with Crippen molar-refractivity contribution in [3.8, 4) is 0 Å². The van der Waals surface area contributed by atoms with E-state index in [4.69, 9.17) is 0 Å². The Kier molecular flexibility index (Phi) is 3.86. The predicted octanol–water partition coefficient (Wildman–Crippen LogP) is 1.23. The molecule has 2 aromatic rings. The van der Waals surface area contributed by atoms with Crippen LogP contribution in [0.1, 0.15) is 18.4 Å².